The quantitative estimate of drug-likeness (QED) is 0.772. The number of hydrogen-bond acceptors (Lipinski definition) is 5. The van der Waals surface area contributed by atoms with Crippen LogP contribution in [-0.2, 0) is 17.8 Å². The van der Waals surface area contributed by atoms with Gasteiger partial charge in [-0.2, -0.15) is 0 Å². The van der Waals surface area contributed by atoms with E-state index in [1.54, 1.807) is 0 Å². The molecule has 0 radical (unpaired) electrons. The van der Waals surface area contributed by atoms with Gasteiger partial charge in [-0.15, -0.1) is 10.2 Å². The number of aromatic nitrogens is 3. The van der Waals surface area contributed by atoms with E-state index in [2.05, 4.69) is 31.9 Å². The SMILES string of the molecule is CCn1c(CNC)nnc1N1CCOCC1. The average molecular weight is 225 g/mol. The molecule has 1 saturated heterocycles. The van der Waals surface area contributed by atoms with Gasteiger partial charge in [-0.1, -0.05) is 0 Å². The van der Waals surface area contributed by atoms with E-state index in [1.807, 2.05) is 7.05 Å². The molecule has 0 unspecified atom stereocenters. The minimum atomic E-state index is 0.755. The molecule has 1 fully saturated rings. The lowest BCUT2D eigenvalue weighted by Gasteiger charge is -2.27. The number of morpholine rings is 1. The van der Waals surface area contributed by atoms with E-state index in [-0.39, 0.29) is 0 Å². The molecule has 1 N–H and O–H groups in total. The lowest BCUT2D eigenvalue weighted by molar-refractivity contribution is 0.121. The van der Waals surface area contributed by atoms with Crippen LogP contribution < -0.4 is 10.2 Å². The highest BCUT2D eigenvalue weighted by Crippen LogP contribution is 2.14. The molecular formula is C10H19N5O. The fourth-order valence-corrected chi connectivity index (χ4v) is 1.94. The fourth-order valence-electron chi connectivity index (χ4n) is 1.94. The zero-order valence-corrected chi connectivity index (χ0v) is 9.94. The Hall–Kier alpha value is -1.14. The smallest absolute Gasteiger partial charge is 0.227 e. The largest absolute Gasteiger partial charge is 0.378 e. The van der Waals surface area contributed by atoms with Gasteiger partial charge in [0.15, 0.2) is 0 Å². The molecule has 2 heterocycles. The molecule has 0 bridgehead atoms. The number of ether oxygens (including phenoxy) is 1. The molecule has 2 rings (SSSR count). The summed E-state index contributed by atoms with van der Waals surface area (Å²) >= 11 is 0. The summed E-state index contributed by atoms with van der Waals surface area (Å²) in [6.07, 6.45) is 0. The van der Waals surface area contributed by atoms with Crippen LogP contribution in [0.4, 0.5) is 5.95 Å². The Morgan fingerprint density at radius 1 is 1.31 bits per heavy atom. The molecule has 0 amide bonds. The van der Waals surface area contributed by atoms with Crippen molar-refractivity contribution >= 4 is 5.95 Å². The van der Waals surface area contributed by atoms with Crippen molar-refractivity contribution in [1.82, 2.24) is 20.1 Å². The highest BCUT2D eigenvalue weighted by atomic mass is 16.5. The maximum Gasteiger partial charge on any atom is 0.227 e. The molecule has 1 aliphatic heterocycles. The van der Waals surface area contributed by atoms with Gasteiger partial charge in [-0.3, -0.25) is 4.57 Å². The van der Waals surface area contributed by atoms with E-state index < -0.39 is 0 Å². The maximum atomic E-state index is 5.34. The standard InChI is InChI=1S/C10H19N5O/c1-3-15-9(8-11-2)12-13-10(15)14-4-6-16-7-5-14/h11H,3-8H2,1-2H3. The molecule has 0 aliphatic carbocycles. The van der Waals surface area contributed by atoms with Gasteiger partial charge in [0.1, 0.15) is 5.82 Å². The molecule has 1 aromatic rings. The third-order valence-corrected chi connectivity index (χ3v) is 2.75. The molecule has 0 atom stereocenters. The van der Waals surface area contributed by atoms with Crippen LogP contribution in [0.2, 0.25) is 0 Å². The van der Waals surface area contributed by atoms with E-state index in [0.717, 1.165) is 51.2 Å². The summed E-state index contributed by atoms with van der Waals surface area (Å²) in [5.74, 6) is 1.96. The third-order valence-electron chi connectivity index (χ3n) is 2.75. The first kappa shape index (κ1) is 11.3. The molecule has 0 spiro atoms. The van der Waals surface area contributed by atoms with E-state index in [4.69, 9.17) is 4.74 Å². The summed E-state index contributed by atoms with van der Waals surface area (Å²) in [6.45, 7) is 7.12. The molecule has 6 nitrogen and oxygen atoms in total. The Kier molecular flexibility index (Phi) is 3.74. The molecule has 1 aromatic heterocycles. The lowest BCUT2D eigenvalue weighted by Crippen LogP contribution is -2.38. The Balaban J connectivity index is 2.18. The van der Waals surface area contributed by atoms with Gasteiger partial charge in [-0.25, -0.2) is 0 Å². The van der Waals surface area contributed by atoms with Gasteiger partial charge < -0.3 is 15.0 Å². The highest BCUT2D eigenvalue weighted by Gasteiger charge is 2.18. The van der Waals surface area contributed by atoms with Gasteiger partial charge in [0, 0.05) is 19.6 Å². The first-order valence-corrected chi connectivity index (χ1v) is 5.76. The van der Waals surface area contributed by atoms with Crippen LogP contribution in [0.25, 0.3) is 0 Å². The van der Waals surface area contributed by atoms with Gasteiger partial charge >= 0.3 is 0 Å². The molecule has 90 valence electrons. The molecule has 0 saturated carbocycles. The first-order chi connectivity index (χ1) is 7.86. The Labute approximate surface area is 95.6 Å². The van der Waals surface area contributed by atoms with Crippen LogP contribution in [0.15, 0.2) is 0 Å². The number of anilines is 1. The van der Waals surface area contributed by atoms with Crippen molar-refractivity contribution in [3.05, 3.63) is 5.82 Å². The minimum Gasteiger partial charge on any atom is -0.378 e. The second-order valence-electron chi connectivity index (χ2n) is 3.79. The molecule has 16 heavy (non-hydrogen) atoms. The van der Waals surface area contributed by atoms with Crippen molar-refractivity contribution in [2.45, 2.75) is 20.0 Å². The second kappa shape index (κ2) is 5.27. The third kappa shape index (κ3) is 2.17. The van der Waals surface area contributed by atoms with Crippen LogP contribution in [0.3, 0.4) is 0 Å². The molecule has 0 aromatic carbocycles. The van der Waals surface area contributed by atoms with Crippen LogP contribution in [0, 0.1) is 0 Å². The monoisotopic (exact) mass is 225 g/mol. The number of rotatable bonds is 4. The summed E-state index contributed by atoms with van der Waals surface area (Å²) < 4.78 is 7.49. The first-order valence-electron chi connectivity index (χ1n) is 5.76. The van der Waals surface area contributed by atoms with E-state index in [9.17, 15) is 0 Å². The summed E-state index contributed by atoms with van der Waals surface area (Å²) in [7, 11) is 1.92. The fraction of sp³-hybridized carbons (Fsp3) is 0.800. The van der Waals surface area contributed by atoms with Gasteiger partial charge in [-0.05, 0) is 14.0 Å². The zero-order chi connectivity index (χ0) is 11.4. The topological polar surface area (TPSA) is 55.2 Å². The Bertz CT molecular complexity index is 332. The van der Waals surface area contributed by atoms with Crippen molar-refractivity contribution in [3.8, 4) is 0 Å². The van der Waals surface area contributed by atoms with Crippen molar-refractivity contribution < 1.29 is 4.74 Å². The number of nitrogens with one attached hydrogen (secondary N) is 1. The van der Waals surface area contributed by atoms with Crippen molar-refractivity contribution in [3.63, 3.8) is 0 Å². The molecule has 6 heteroatoms. The van der Waals surface area contributed by atoms with Crippen molar-refractivity contribution in [2.75, 3.05) is 38.3 Å². The van der Waals surface area contributed by atoms with Crippen molar-refractivity contribution in [2.24, 2.45) is 0 Å². The Morgan fingerprint density at radius 3 is 2.69 bits per heavy atom. The average Bonchev–Trinajstić information content (AvgIpc) is 2.73. The normalized spacial score (nSPS) is 16.8. The van der Waals surface area contributed by atoms with E-state index in [1.165, 1.54) is 0 Å². The number of hydrogen-bond donors (Lipinski definition) is 1. The summed E-state index contributed by atoms with van der Waals surface area (Å²) in [5, 5.41) is 11.6. The summed E-state index contributed by atoms with van der Waals surface area (Å²) in [5.41, 5.74) is 0. The summed E-state index contributed by atoms with van der Waals surface area (Å²) in [4.78, 5) is 2.24. The van der Waals surface area contributed by atoms with Gasteiger partial charge in [0.25, 0.3) is 0 Å². The van der Waals surface area contributed by atoms with E-state index >= 15 is 0 Å². The van der Waals surface area contributed by atoms with Gasteiger partial charge in [0.05, 0.1) is 19.8 Å². The molecular weight excluding hydrogens is 206 g/mol. The van der Waals surface area contributed by atoms with Crippen LogP contribution in [0.5, 0.6) is 0 Å². The van der Waals surface area contributed by atoms with Crippen LogP contribution in [0.1, 0.15) is 12.7 Å². The predicted molar refractivity (Wildman–Crippen MR) is 61.5 cm³/mol. The van der Waals surface area contributed by atoms with Gasteiger partial charge in [0.2, 0.25) is 5.95 Å². The Morgan fingerprint density at radius 2 is 2.06 bits per heavy atom. The second-order valence-corrected chi connectivity index (χ2v) is 3.79. The summed E-state index contributed by atoms with van der Waals surface area (Å²) in [6, 6.07) is 0. The maximum absolute atomic E-state index is 5.34. The van der Waals surface area contributed by atoms with E-state index in [0.29, 0.717) is 0 Å². The molecule has 1 aliphatic rings. The lowest BCUT2D eigenvalue weighted by atomic mass is 10.4. The highest BCUT2D eigenvalue weighted by molar-refractivity contribution is 5.31. The zero-order valence-electron chi connectivity index (χ0n) is 9.94. The van der Waals surface area contributed by atoms with Crippen LogP contribution in [-0.4, -0.2) is 48.1 Å². The van der Waals surface area contributed by atoms with Crippen molar-refractivity contribution in [1.29, 1.82) is 0 Å². The predicted octanol–water partition coefficient (Wildman–Crippen LogP) is -0.146. The minimum absolute atomic E-state index is 0.755. The number of nitrogens with zero attached hydrogens (tertiary/aromatic N) is 4. The van der Waals surface area contributed by atoms with Crippen LogP contribution >= 0.6 is 0 Å².